The molecule has 0 unspecified atom stereocenters. The number of nitrogens with one attached hydrogen (secondary N) is 2. The van der Waals surface area contributed by atoms with E-state index in [0.29, 0.717) is 31.2 Å². The monoisotopic (exact) mass is 336 g/mol. The van der Waals surface area contributed by atoms with Gasteiger partial charge in [0.2, 0.25) is 5.91 Å². The standard InChI is InChI=1S/C17H28N4O3/c1-12-3-6-17(7-4-12)15(23)21(16(24)19-17)11-14(22)18-9-13-5-8-20(2)10-13/h12-13H,3-11H2,1-2H3,(H,18,22)(H,19,24)/t12?,13-,17?/m0/s1. The summed E-state index contributed by atoms with van der Waals surface area (Å²) in [5.41, 5.74) is -0.766. The van der Waals surface area contributed by atoms with Crippen molar-refractivity contribution in [3.05, 3.63) is 0 Å². The first-order chi connectivity index (χ1) is 11.4. The van der Waals surface area contributed by atoms with Crippen molar-refractivity contribution in [1.82, 2.24) is 20.4 Å². The molecule has 2 N–H and O–H groups in total. The fourth-order valence-electron chi connectivity index (χ4n) is 4.06. The van der Waals surface area contributed by atoms with Crippen molar-refractivity contribution in [2.24, 2.45) is 11.8 Å². The largest absolute Gasteiger partial charge is 0.354 e. The van der Waals surface area contributed by atoms with E-state index in [2.05, 4.69) is 29.5 Å². The molecular weight excluding hydrogens is 308 g/mol. The van der Waals surface area contributed by atoms with Gasteiger partial charge in [-0.15, -0.1) is 0 Å². The van der Waals surface area contributed by atoms with E-state index >= 15 is 0 Å². The first-order valence-electron chi connectivity index (χ1n) is 8.99. The van der Waals surface area contributed by atoms with Gasteiger partial charge in [-0.05, 0) is 57.5 Å². The van der Waals surface area contributed by atoms with Gasteiger partial charge in [0.1, 0.15) is 12.1 Å². The molecule has 1 atom stereocenters. The summed E-state index contributed by atoms with van der Waals surface area (Å²) in [5, 5.41) is 5.72. The highest BCUT2D eigenvalue weighted by Crippen LogP contribution is 2.36. The number of hydrogen-bond acceptors (Lipinski definition) is 4. The normalized spacial score (nSPS) is 34.0. The van der Waals surface area contributed by atoms with Crippen molar-refractivity contribution in [2.45, 2.75) is 44.6 Å². The number of rotatable bonds is 4. The molecule has 3 aliphatic rings. The Bertz CT molecular complexity index is 528. The van der Waals surface area contributed by atoms with Gasteiger partial charge in [-0.25, -0.2) is 4.79 Å². The fraction of sp³-hybridized carbons (Fsp3) is 0.824. The second-order valence-corrected chi connectivity index (χ2v) is 7.81. The predicted molar refractivity (Wildman–Crippen MR) is 89.2 cm³/mol. The van der Waals surface area contributed by atoms with Gasteiger partial charge in [-0.2, -0.15) is 0 Å². The van der Waals surface area contributed by atoms with Crippen LogP contribution in [-0.2, 0) is 9.59 Å². The van der Waals surface area contributed by atoms with E-state index < -0.39 is 11.6 Å². The third-order valence-corrected chi connectivity index (χ3v) is 5.75. The Hall–Kier alpha value is -1.63. The van der Waals surface area contributed by atoms with Gasteiger partial charge >= 0.3 is 6.03 Å². The molecule has 4 amide bonds. The van der Waals surface area contributed by atoms with E-state index in [1.807, 2.05) is 0 Å². The van der Waals surface area contributed by atoms with Crippen LogP contribution in [-0.4, -0.2) is 66.4 Å². The van der Waals surface area contributed by atoms with E-state index in [1.165, 1.54) is 0 Å². The van der Waals surface area contributed by atoms with Crippen LogP contribution in [0.25, 0.3) is 0 Å². The Morgan fingerprint density at radius 1 is 1.29 bits per heavy atom. The zero-order valence-corrected chi connectivity index (χ0v) is 14.6. The van der Waals surface area contributed by atoms with Crippen LogP contribution in [0.15, 0.2) is 0 Å². The van der Waals surface area contributed by atoms with Crippen LogP contribution < -0.4 is 10.6 Å². The molecule has 7 nitrogen and oxygen atoms in total. The molecule has 3 rings (SSSR count). The molecule has 2 aliphatic heterocycles. The summed E-state index contributed by atoms with van der Waals surface area (Å²) in [6.07, 6.45) is 4.28. The molecule has 0 bridgehead atoms. The number of carbonyl (C=O) groups is 3. The zero-order valence-electron chi connectivity index (χ0n) is 14.6. The second-order valence-electron chi connectivity index (χ2n) is 7.81. The Labute approximate surface area is 143 Å². The summed E-state index contributed by atoms with van der Waals surface area (Å²) in [6.45, 7) is 4.62. The van der Waals surface area contributed by atoms with Crippen LogP contribution in [0.3, 0.4) is 0 Å². The van der Waals surface area contributed by atoms with E-state index in [0.717, 1.165) is 37.3 Å². The van der Waals surface area contributed by atoms with Crippen molar-refractivity contribution in [3.8, 4) is 0 Å². The number of urea groups is 1. The summed E-state index contributed by atoms with van der Waals surface area (Å²) in [7, 11) is 2.07. The molecule has 134 valence electrons. The quantitative estimate of drug-likeness (QED) is 0.735. The summed E-state index contributed by atoms with van der Waals surface area (Å²) < 4.78 is 0. The van der Waals surface area contributed by atoms with Gasteiger partial charge in [-0.1, -0.05) is 6.92 Å². The maximum Gasteiger partial charge on any atom is 0.325 e. The van der Waals surface area contributed by atoms with Crippen LogP contribution in [0.4, 0.5) is 4.79 Å². The van der Waals surface area contributed by atoms with Gasteiger partial charge < -0.3 is 15.5 Å². The molecule has 0 aromatic heterocycles. The molecular formula is C17H28N4O3. The smallest absolute Gasteiger partial charge is 0.325 e. The zero-order chi connectivity index (χ0) is 17.3. The number of carbonyl (C=O) groups excluding carboxylic acids is 3. The highest BCUT2D eigenvalue weighted by atomic mass is 16.2. The number of amides is 4. The summed E-state index contributed by atoms with van der Waals surface area (Å²) in [6, 6.07) is -0.426. The Balaban J connectivity index is 1.52. The number of likely N-dealkylation sites (tertiary alicyclic amines) is 1. The average molecular weight is 336 g/mol. The summed E-state index contributed by atoms with van der Waals surface area (Å²) in [5.74, 6) is 0.555. The van der Waals surface area contributed by atoms with Crippen LogP contribution in [0.2, 0.25) is 0 Å². The Morgan fingerprint density at radius 2 is 2.00 bits per heavy atom. The third kappa shape index (κ3) is 3.41. The van der Waals surface area contributed by atoms with Gasteiger partial charge in [0.15, 0.2) is 0 Å². The molecule has 1 spiro atoms. The minimum absolute atomic E-state index is 0.176. The molecule has 0 radical (unpaired) electrons. The number of hydrogen-bond donors (Lipinski definition) is 2. The topological polar surface area (TPSA) is 81.8 Å². The maximum atomic E-state index is 12.7. The molecule has 1 aliphatic carbocycles. The molecule has 24 heavy (non-hydrogen) atoms. The van der Waals surface area contributed by atoms with E-state index in [4.69, 9.17) is 0 Å². The first kappa shape index (κ1) is 17.2. The first-order valence-corrected chi connectivity index (χ1v) is 8.99. The Morgan fingerprint density at radius 3 is 2.62 bits per heavy atom. The van der Waals surface area contributed by atoms with Crippen LogP contribution >= 0.6 is 0 Å². The lowest BCUT2D eigenvalue weighted by atomic mass is 9.77. The minimum Gasteiger partial charge on any atom is -0.354 e. The lowest BCUT2D eigenvalue weighted by Gasteiger charge is -2.33. The molecule has 2 heterocycles. The SMILES string of the molecule is CC1CCC2(CC1)NC(=O)N(CC(=O)NC[C@@H]1CCN(C)C1)C2=O. The van der Waals surface area contributed by atoms with Crippen molar-refractivity contribution in [2.75, 3.05) is 33.2 Å². The molecule has 0 aromatic carbocycles. The van der Waals surface area contributed by atoms with Gasteiger partial charge in [0, 0.05) is 13.1 Å². The Kier molecular flexibility index (Phi) is 4.80. The van der Waals surface area contributed by atoms with Gasteiger partial charge in [0.25, 0.3) is 5.91 Å². The molecule has 1 saturated carbocycles. The van der Waals surface area contributed by atoms with Crippen molar-refractivity contribution in [3.63, 3.8) is 0 Å². The van der Waals surface area contributed by atoms with Gasteiger partial charge in [0.05, 0.1) is 0 Å². The number of imide groups is 1. The summed E-state index contributed by atoms with van der Waals surface area (Å²) in [4.78, 5) is 40.4. The minimum atomic E-state index is -0.766. The predicted octanol–water partition coefficient (Wildman–Crippen LogP) is 0.555. The highest BCUT2D eigenvalue weighted by molar-refractivity contribution is 6.09. The lowest BCUT2D eigenvalue weighted by Crippen LogP contribution is -2.50. The third-order valence-electron chi connectivity index (χ3n) is 5.75. The van der Waals surface area contributed by atoms with Crippen LogP contribution in [0, 0.1) is 11.8 Å². The molecule has 0 aromatic rings. The van der Waals surface area contributed by atoms with Crippen molar-refractivity contribution < 1.29 is 14.4 Å². The van der Waals surface area contributed by atoms with Gasteiger partial charge in [-0.3, -0.25) is 14.5 Å². The van der Waals surface area contributed by atoms with Crippen molar-refractivity contribution >= 4 is 17.8 Å². The molecule has 3 fully saturated rings. The number of nitrogens with zero attached hydrogens (tertiary/aromatic N) is 2. The average Bonchev–Trinajstić information content (AvgIpc) is 3.06. The maximum absolute atomic E-state index is 12.7. The highest BCUT2D eigenvalue weighted by Gasteiger charge is 2.52. The van der Waals surface area contributed by atoms with Crippen LogP contribution in [0.1, 0.15) is 39.0 Å². The lowest BCUT2D eigenvalue weighted by molar-refractivity contribution is -0.136. The molecule has 7 heteroatoms. The van der Waals surface area contributed by atoms with Crippen LogP contribution in [0.5, 0.6) is 0 Å². The van der Waals surface area contributed by atoms with E-state index in [9.17, 15) is 14.4 Å². The van der Waals surface area contributed by atoms with Crippen molar-refractivity contribution in [1.29, 1.82) is 0 Å². The fourth-order valence-corrected chi connectivity index (χ4v) is 4.06. The second kappa shape index (κ2) is 6.70. The van der Waals surface area contributed by atoms with E-state index in [1.54, 1.807) is 0 Å². The summed E-state index contributed by atoms with van der Waals surface area (Å²) >= 11 is 0. The molecule has 2 saturated heterocycles. The van der Waals surface area contributed by atoms with E-state index in [-0.39, 0.29) is 18.4 Å².